The lowest BCUT2D eigenvalue weighted by Gasteiger charge is -2.44. The van der Waals surface area contributed by atoms with E-state index in [1.165, 1.54) is 19.1 Å². The second kappa shape index (κ2) is 16.2. The summed E-state index contributed by atoms with van der Waals surface area (Å²) >= 11 is 0. The van der Waals surface area contributed by atoms with Gasteiger partial charge in [-0.25, -0.2) is 0 Å². The van der Waals surface area contributed by atoms with Crippen LogP contribution in [0.4, 0.5) is 0 Å². The van der Waals surface area contributed by atoms with Gasteiger partial charge in [0.05, 0.1) is 23.9 Å². The van der Waals surface area contributed by atoms with Crippen LogP contribution in [0, 0.1) is 0 Å². The molecule has 3 aliphatic rings. The van der Waals surface area contributed by atoms with E-state index < -0.39 is 77.0 Å². The Balaban J connectivity index is 1.44. The lowest BCUT2D eigenvalue weighted by Crippen LogP contribution is -2.67. The topological polar surface area (TPSA) is 238 Å². The number of aldehydes is 1. The highest BCUT2D eigenvalue weighted by atomic mass is 16.7. The van der Waals surface area contributed by atoms with Crippen molar-refractivity contribution < 1.29 is 69.1 Å². The minimum absolute atomic E-state index is 0.0126. The van der Waals surface area contributed by atoms with Crippen molar-refractivity contribution in [3.63, 3.8) is 0 Å². The molecule has 2 aliphatic carbocycles. The number of aromatic hydroxyl groups is 1. The summed E-state index contributed by atoms with van der Waals surface area (Å²) in [5.41, 5.74) is -1.51. The number of esters is 1. The van der Waals surface area contributed by atoms with Gasteiger partial charge in [0.1, 0.15) is 23.4 Å². The zero-order valence-electron chi connectivity index (χ0n) is 32.3. The molecular formula is C45H44O14. The molecule has 0 amide bonds. The molecule has 1 saturated carbocycles. The summed E-state index contributed by atoms with van der Waals surface area (Å²) in [6.07, 6.45) is -0.986. The zero-order valence-corrected chi connectivity index (χ0v) is 32.3. The van der Waals surface area contributed by atoms with Crippen molar-refractivity contribution in [1.29, 1.82) is 0 Å². The van der Waals surface area contributed by atoms with Gasteiger partial charge in [-0.2, -0.15) is 0 Å². The molecule has 2 fully saturated rings. The molecule has 59 heavy (non-hydrogen) atoms. The summed E-state index contributed by atoms with van der Waals surface area (Å²) in [6.45, 7) is 1.66. The molecule has 0 radical (unpaired) electrons. The summed E-state index contributed by atoms with van der Waals surface area (Å²) in [4.78, 5) is 54.6. The maximum Gasteiger partial charge on any atom is 0.308 e. The van der Waals surface area contributed by atoms with Crippen LogP contribution < -0.4 is 9.47 Å². The lowest BCUT2D eigenvalue weighted by molar-refractivity contribution is -0.371. The molecule has 308 valence electrons. The Morgan fingerprint density at radius 1 is 0.847 bits per heavy atom. The highest BCUT2D eigenvalue weighted by Crippen LogP contribution is 2.46. The van der Waals surface area contributed by atoms with Crippen molar-refractivity contribution in [3.8, 4) is 17.2 Å². The van der Waals surface area contributed by atoms with Gasteiger partial charge in [0.25, 0.3) is 0 Å². The molecule has 0 aromatic heterocycles. The number of phenolic OH excluding ortho intramolecular Hbond substituents is 1. The van der Waals surface area contributed by atoms with E-state index in [-0.39, 0.29) is 56.9 Å². The highest BCUT2D eigenvalue weighted by Gasteiger charge is 2.54. The molecule has 4 atom stereocenters. The molecule has 7 N–H and O–H groups in total. The molecular weight excluding hydrogens is 764 g/mol. The number of ketones is 2. The van der Waals surface area contributed by atoms with Gasteiger partial charge in [-0.15, -0.1) is 0 Å². The summed E-state index contributed by atoms with van der Waals surface area (Å²) in [6, 6.07) is 16.1. The minimum Gasteiger partial charge on any atom is -0.507 e. The maximum atomic E-state index is 14.8. The molecule has 0 bridgehead atoms. The first-order valence-corrected chi connectivity index (χ1v) is 19.2. The fourth-order valence-corrected chi connectivity index (χ4v) is 8.33. The van der Waals surface area contributed by atoms with Crippen LogP contribution in [0.2, 0.25) is 0 Å². The number of rotatable bonds is 10. The Kier molecular flexibility index (Phi) is 11.4. The maximum absolute atomic E-state index is 14.8. The van der Waals surface area contributed by atoms with Gasteiger partial charge in [-0.1, -0.05) is 73.9 Å². The molecule has 4 aromatic rings. The summed E-state index contributed by atoms with van der Waals surface area (Å²) in [7, 11) is 0. The van der Waals surface area contributed by atoms with Gasteiger partial charge in [0.2, 0.25) is 12.1 Å². The fourth-order valence-electron chi connectivity index (χ4n) is 8.33. The number of aliphatic hydroxyl groups excluding tert-OH is 3. The minimum atomic E-state index is -3.13. The van der Waals surface area contributed by atoms with E-state index in [9.17, 15) is 54.9 Å². The summed E-state index contributed by atoms with van der Waals surface area (Å²) in [5, 5.41) is 77.0. The molecule has 1 heterocycles. The number of carbonyl (C=O) groups excluding carboxylic acids is 4. The summed E-state index contributed by atoms with van der Waals surface area (Å²) < 4.78 is 17.2. The van der Waals surface area contributed by atoms with E-state index in [1.54, 1.807) is 54.6 Å². The predicted octanol–water partition coefficient (Wildman–Crippen LogP) is 3.84. The number of ether oxygens (including phenoxy) is 3. The largest absolute Gasteiger partial charge is 0.507 e. The Morgan fingerprint density at radius 3 is 2.22 bits per heavy atom. The molecule has 14 nitrogen and oxygen atoms in total. The first kappa shape index (κ1) is 41.6. The fraction of sp³-hybridized carbons (Fsp3) is 0.333. The molecule has 0 spiro atoms. The van der Waals surface area contributed by atoms with Crippen LogP contribution in [0.3, 0.4) is 0 Å². The SMILES string of the molecule is CC(=O)Oc1cc(CO)c2c(c1/C=C\c1ccccc1)C(=O)c1cc(O[C@H]3O[C@@H](C)[C@@H](O)C(O)(O)[C@H]3O)c(Cc3cccc(C4(O)CCCCC4)c3C=O)c(O)c1C2=O. The molecule has 4 aromatic carbocycles. The van der Waals surface area contributed by atoms with Crippen LogP contribution in [-0.2, 0) is 28.2 Å². The monoisotopic (exact) mass is 808 g/mol. The third-order valence-electron chi connectivity index (χ3n) is 11.4. The van der Waals surface area contributed by atoms with Crippen molar-refractivity contribution in [2.24, 2.45) is 0 Å². The second-order valence-corrected chi connectivity index (χ2v) is 15.2. The number of hydrogen-bond donors (Lipinski definition) is 7. The number of phenols is 1. The smallest absolute Gasteiger partial charge is 0.308 e. The standard InChI is InChI=1S/C45H44O14/c1-23-41(52)45(55,56)42(53)43(57-23)59-34-20-30-37(38(49)29(34)18-26-12-9-13-32(31(26)22-47)44(54)16-7-4-8-17-44)40(51)35-27(21-46)19-33(58-24(2)48)28(36(35)39(30)50)15-14-25-10-5-3-6-11-25/h3,5-6,9-15,19-20,22-23,41-43,46,49,52-56H,4,7-8,16-18,21H2,1-2H3/b15-14-/t23-,41+,42-,43+/m0/s1. The Labute approximate surface area is 338 Å². The third-order valence-corrected chi connectivity index (χ3v) is 11.4. The van der Waals surface area contributed by atoms with E-state index >= 15 is 0 Å². The van der Waals surface area contributed by atoms with Crippen molar-refractivity contribution in [2.45, 2.75) is 95.0 Å². The first-order chi connectivity index (χ1) is 28.1. The van der Waals surface area contributed by atoms with Crippen LogP contribution in [0.25, 0.3) is 12.2 Å². The molecule has 1 saturated heterocycles. The van der Waals surface area contributed by atoms with Gasteiger partial charge in [0, 0.05) is 46.7 Å². The van der Waals surface area contributed by atoms with Gasteiger partial charge in [0.15, 0.2) is 24.0 Å². The van der Waals surface area contributed by atoms with Crippen molar-refractivity contribution in [2.75, 3.05) is 0 Å². The van der Waals surface area contributed by atoms with Gasteiger partial charge < -0.3 is 50.0 Å². The van der Waals surface area contributed by atoms with Gasteiger partial charge in [-0.3, -0.25) is 19.2 Å². The number of benzene rings is 4. The third kappa shape index (κ3) is 7.49. The van der Waals surface area contributed by atoms with Crippen LogP contribution in [0.5, 0.6) is 17.2 Å². The van der Waals surface area contributed by atoms with E-state index in [2.05, 4.69) is 0 Å². The number of aliphatic hydroxyl groups is 6. The van der Waals surface area contributed by atoms with Gasteiger partial charge in [-0.05, 0) is 60.2 Å². The van der Waals surface area contributed by atoms with E-state index in [0.29, 0.717) is 30.3 Å². The molecule has 1 aliphatic heterocycles. The molecule has 0 unspecified atom stereocenters. The van der Waals surface area contributed by atoms with Crippen molar-refractivity contribution >= 4 is 36.0 Å². The van der Waals surface area contributed by atoms with Crippen LogP contribution in [-0.4, -0.2) is 90.0 Å². The van der Waals surface area contributed by atoms with E-state index in [0.717, 1.165) is 32.3 Å². The first-order valence-electron chi connectivity index (χ1n) is 19.2. The Bertz CT molecular complexity index is 2360. The summed E-state index contributed by atoms with van der Waals surface area (Å²) in [5.74, 6) is -6.92. The van der Waals surface area contributed by atoms with Gasteiger partial charge >= 0.3 is 5.97 Å². The predicted molar refractivity (Wildman–Crippen MR) is 210 cm³/mol. The van der Waals surface area contributed by atoms with Crippen LogP contribution in [0.1, 0.15) is 122 Å². The quantitative estimate of drug-likeness (QED) is 0.0349. The van der Waals surface area contributed by atoms with Crippen LogP contribution >= 0.6 is 0 Å². The zero-order chi connectivity index (χ0) is 42.4. The average molecular weight is 809 g/mol. The average Bonchev–Trinajstić information content (AvgIpc) is 3.21. The Hall–Kier alpha value is -5.58. The number of fused-ring (bicyclic) bond motifs is 2. The molecule has 7 rings (SSSR count). The second-order valence-electron chi connectivity index (χ2n) is 15.2. The van der Waals surface area contributed by atoms with Crippen LogP contribution in [0.15, 0.2) is 60.7 Å². The van der Waals surface area contributed by atoms with E-state index in [4.69, 9.17) is 14.2 Å². The van der Waals surface area contributed by atoms with E-state index in [1.807, 2.05) is 0 Å². The number of carbonyl (C=O) groups is 4. The Morgan fingerprint density at radius 2 is 1.56 bits per heavy atom. The molecule has 14 heteroatoms. The van der Waals surface area contributed by atoms with Crippen molar-refractivity contribution in [1.82, 2.24) is 0 Å². The number of hydrogen-bond acceptors (Lipinski definition) is 14. The lowest BCUT2D eigenvalue weighted by atomic mass is 9.76. The van der Waals surface area contributed by atoms with Crippen molar-refractivity contribution in [3.05, 3.63) is 122 Å². The normalized spacial score (nSPS) is 22.1. The highest BCUT2D eigenvalue weighted by molar-refractivity contribution is 6.31.